The second kappa shape index (κ2) is 6.07. The molecule has 4 rings (SSSR count). The van der Waals surface area contributed by atoms with E-state index in [0.29, 0.717) is 28.5 Å². The lowest BCUT2D eigenvalue weighted by atomic mass is 9.99. The van der Waals surface area contributed by atoms with Crippen molar-refractivity contribution in [3.05, 3.63) is 59.3 Å². The highest BCUT2D eigenvalue weighted by Gasteiger charge is 2.33. The smallest absolute Gasteiger partial charge is 0.319 e. The van der Waals surface area contributed by atoms with Gasteiger partial charge in [-0.05, 0) is 44.2 Å². The summed E-state index contributed by atoms with van der Waals surface area (Å²) in [6, 6.07) is 7.97. The van der Waals surface area contributed by atoms with Crippen LogP contribution < -0.4 is 16.0 Å². The number of urea groups is 1. The number of hydrogen-bond acceptors (Lipinski definition) is 4. The largest absolute Gasteiger partial charge is 0.464 e. The van der Waals surface area contributed by atoms with E-state index in [1.807, 2.05) is 19.1 Å². The number of hydrogen-bond donors (Lipinski definition) is 4. The quantitative estimate of drug-likeness (QED) is 0.581. The van der Waals surface area contributed by atoms with Crippen molar-refractivity contribution in [2.45, 2.75) is 19.9 Å². The normalized spacial score (nSPS) is 17.2. The van der Waals surface area contributed by atoms with Gasteiger partial charge in [0.1, 0.15) is 17.6 Å². The minimum Gasteiger partial charge on any atom is -0.464 e. The number of benzene rings is 1. The zero-order valence-electron chi connectivity index (χ0n) is 14.2. The molecule has 1 unspecified atom stereocenters. The first-order chi connectivity index (χ1) is 12.5. The van der Waals surface area contributed by atoms with Gasteiger partial charge in [0, 0.05) is 16.8 Å². The molecule has 3 amide bonds. The maximum absolute atomic E-state index is 12.9. The van der Waals surface area contributed by atoms with E-state index in [2.05, 4.69) is 26.1 Å². The van der Waals surface area contributed by atoms with Crippen molar-refractivity contribution in [1.82, 2.24) is 20.8 Å². The number of carbonyl (C=O) groups is 2. The summed E-state index contributed by atoms with van der Waals surface area (Å²) in [5.41, 5.74) is 2.39. The van der Waals surface area contributed by atoms with Crippen molar-refractivity contribution in [2.24, 2.45) is 0 Å². The number of anilines is 1. The molecule has 0 saturated heterocycles. The van der Waals surface area contributed by atoms with Gasteiger partial charge in [-0.25, -0.2) is 4.79 Å². The molecule has 26 heavy (non-hydrogen) atoms. The number of aryl methyl sites for hydroxylation is 1. The Morgan fingerprint density at radius 2 is 2.08 bits per heavy atom. The lowest BCUT2D eigenvalue weighted by Crippen LogP contribution is -2.45. The van der Waals surface area contributed by atoms with Crippen molar-refractivity contribution in [1.29, 1.82) is 0 Å². The molecule has 4 N–H and O–H groups in total. The SMILES string of the molecule is CC1=C(C(=O)Nc2ccc3[nH]ncc3c2)C(c2ccc(C)o2)NC(=O)N1. The van der Waals surface area contributed by atoms with E-state index < -0.39 is 6.04 Å². The zero-order valence-corrected chi connectivity index (χ0v) is 14.2. The zero-order chi connectivity index (χ0) is 18.3. The molecule has 8 heteroatoms. The number of rotatable bonds is 3. The summed E-state index contributed by atoms with van der Waals surface area (Å²) < 4.78 is 5.63. The first-order valence-electron chi connectivity index (χ1n) is 8.10. The topological polar surface area (TPSA) is 112 Å². The summed E-state index contributed by atoms with van der Waals surface area (Å²) in [4.78, 5) is 24.8. The second-order valence-electron chi connectivity index (χ2n) is 6.14. The number of furan rings is 1. The fourth-order valence-electron chi connectivity index (χ4n) is 3.04. The average molecular weight is 351 g/mol. The Kier molecular flexibility index (Phi) is 3.72. The highest BCUT2D eigenvalue weighted by Crippen LogP contribution is 2.29. The molecular formula is C18H17N5O3. The summed E-state index contributed by atoms with van der Waals surface area (Å²) in [6.45, 7) is 3.50. The predicted molar refractivity (Wildman–Crippen MR) is 95.3 cm³/mol. The van der Waals surface area contributed by atoms with Gasteiger partial charge in [-0.15, -0.1) is 0 Å². The van der Waals surface area contributed by atoms with Crippen molar-refractivity contribution in [3.8, 4) is 0 Å². The van der Waals surface area contributed by atoms with Gasteiger partial charge in [-0.1, -0.05) is 0 Å². The summed E-state index contributed by atoms with van der Waals surface area (Å²) >= 11 is 0. The van der Waals surface area contributed by atoms with E-state index in [1.165, 1.54) is 0 Å². The molecule has 8 nitrogen and oxygen atoms in total. The third-order valence-corrected chi connectivity index (χ3v) is 4.26. The van der Waals surface area contributed by atoms with E-state index in [1.54, 1.807) is 31.3 Å². The van der Waals surface area contributed by atoms with E-state index in [-0.39, 0.29) is 11.9 Å². The molecule has 3 aromatic rings. The van der Waals surface area contributed by atoms with Crippen LogP contribution in [0.5, 0.6) is 0 Å². The molecule has 1 aliphatic heterocycles. The van der Waals surface area contributed by atoms with Crippen LogP contribution in [0, 0.1) is 6.92 Å². The average Bonchev–Trinajstić information content (AvgIpc) is 3.22. The third-order valence-electron chi connectivity index (χ3n) is 4.26. The van der Waals surface area contributed by atoms with Gasteiger partial charge < -0.3 is 20.4 Å². The molecular weight excluding hydrogens is 334 g/mol. The molecule has 0 spiro atoms. The maximum Gasteiger partial charge on any atom is 0.319 e. The fourth-order valence-corrected chi connectivity index (χ4v) is 3.04. The molecule has 0 aliphatic carbocycles. The lowest BCUT2D eigenvalue weighted by Gasteiger charge is -2.27. The van der Waals surface area contributed by atoms with E-state index in [9.17, 15) is 9.59 Å². The Bertz CT molecular complexity index is 1050. The predicted octanol–water partition coefficient (Wildman–Crippen LogP) is 2.73. The minimum atomic E-state index is -0.657. The summed E-state index contributed by atoms with van der Waals surface area (Å²) in [6.07, 6.45) is 1.69. The van der Waals surface area contributed by atoms with Crippen LogP contribution >= 0.6 is 0 Å². The van der Waals surface area contributed by atoms with Gasteiger partial charge in [-0.2, -0.15) is 5.10 Å². The van der Waals surface area contributed by atoms with Crippen LogP contribution in [0.4, 0.5) is 10.5 Å². The molecule has 3 heterocycles. The van der Waals surface area contributed by atoms with Crippen LogP contribution in [0.3, 0.4) is 0 Å². The Hall–Kier alpha value is -3.55. The Morgan fingerprint density at radius 3 is 2.85 bits per heavy atom. The van der Waals surface area contributed by atoms with E-state index >= 15 is 0 Å². The second-order valence-corrected chi connectivity index (χ2v) is 6.14. The Balaban J connectivity index is 1.66. The van der Waals surface area contributed by atoms with Crippen molar-refractivity contribution < 1.29 is 14.0 Å². The summed E-state index contributed by atoms with van der Waals surface area (Å²) in [7, 11) is 0. The number of nitrogens with one attached hydrogen (secondary N) is 4. The van der Waals surface area contributed by atoms with Crippen LogP contribution in [-0.4, -0.2) is 22.1 Å². The number of amides is 3. The van der Waals surface area contributed by atoms with Crippen LogP contribution in [0.15, 0.2) is 52.2 Å². The first kappa shape index (κ1) is 15.9. The Labute approximate surface area is 148 Å². The summed E-state index contributed by atoms with van der Waals surface area (Å²) in [5.74, 6) is 0.889. The highest BCUT2D eigenvalue weighted by molar-refractivity contribution is 6.07. The van der Waals surface area contributed by atoms with Gasteiger partial charge in [0.15, 0.2) is 0 Å². The minimum absolute atomic E-state index is 0.322. The number of fused-ring (bicyclic) bond motifs is 1. The molecule has 0 fully saturated rings. The number of nitrogens with zero attached hydrogens (tertiary/aromatic N) is 1. The highest BCUT2D eigenvalue weighted by atomic mass is 16.3. The fraction of sp³-hybridized carbons (Fsp3) is 0.167. The molecule has 1 aliphatic rings. The van der Waals surface area contributed by atoms with Gasteiger partial charge >= 0.3 is 6.03 Å². The number of H-pyrrole nitrogens is 1. The van der Waals surface area contributed by atoms with Crippen molar-refractivity contribution in [3.63, 3.8) is 0 Å². The molecule has 0 radical (unpaired) electrons. The molecule has 132 valence electrons. The molecule has 0 bridgehead atoms. The van der Waals surface area contributed by atoms with Gasteiger partial charge in [0.2, 0.25) is 0 Å². The van der Waals surface area contributed by atoms with Crippen LogP contribution in [0.25, 0.3) is 10.9 Å². The monoisotopic (exact) mass is 351 g/mol. The van der Waals surface area contributed by atoms with Gasteiger partial charge in [0.25, 0.3) is 5.91 Å². The Morgan fingerprint density at radius 1 is 1.23 bits per heavy atom. The molecule has 0 saturated carbocycles. The summed E-state index contributed by atoms with van der Waals surface area (Å²) in [5, 5.41) is 16.0. The first-order valence-corrected chi connectivity index (χ1v) is 8.10. The van der Waals surface area contributed by atoms with E-state index in [0.717, 1.165) is 10.9 Å². The maximum atomic E-state index is 12.9. The number of aromatic nitrogens is 2. The number of allylic oxidation sites excluding steroid dienone is 1. The molecule has 1 atom stereocenters. The van der Waals surface area contributed by atoms with Crippen molar-refractivity contribution in [2.75, 3.05) is 5.32 Å². The van der Waals surface area contributed by atoms with Crippen LogP contribution in [0.1, 0.15) is 24.5 Å². The molecule has 2 aromatic heterocycles. The van der Waals surface area contributed by atoms with Crippen LogP contribution in [-0.2, 0) is 4.79 Å². The van der Waals surface area contributed by atoms with Crippen molar-refractivity contribution >= 4 is 28.5 Å². The number of carbonyl (C=O) groups excluding carboxylic acids is 2. The standard InChI is InChI=1S/C18H17N5O3/c1-9-3-6-14(26-9)16-15(10(2)20-18(25)22-16)17(24)21-12-4-5-13-11(7-12)8-19-23-13/h3-8,16H,1-2H3,(H,19,23)(H,21,24)(H2,20,22,25). The van der Waals surface area contributed by atoms with Crippen LogP contribution in [0.2, 0.25) is 0 Å². The number of aromatic amines is 1. The third kappa shape index (κ3) is 2.81. The van der Waals surface area contributed by atoms with Gasteiger partial charge in [0.05, 0.1) is 17.3 Å². The van der Waals surface area contributed by atoms with Gasteiger partial charge in [-0.3, -0.25) is 9.89 Å². The molecule has 1 aromatic carbocycles. The van der Waals surface area contributed by atoms with E-state index in [4.69, 9.17) is 4.42 Å². The lowest BCUT2D eigenvalue weighted by molar-refractivity contribution is -0.113.